The number of benzene rings is 1. The fraction of sp³-hybridized carbons (Fsp3) is 0.483. The number of nitrogens with zero attached hydrogens (tertiary/aromatic N) is 5. The Morgan fingerprint density at radius 1 is 1.12 bits per heavy atom. The highest BCUT2D eigenvalue weighted by Gasteiger charge is 2.20. The number of anilines is 1. The number of amides is 1. The average Bonchev–Trinajstić information content (AvgIpc) is 3.29. The van der Waals surface area contributed by atoms with Gasteiger partial charge in [0.2, 0.25) is 5.91 Å². The van der Waals surface area contributed by atoms with E-state index in [4.69, 9.17) is 15.2 Å². The smallest absolute Gasteiger partial charge is 0.327 e. The number of aromatic nitrogens is 4. The molecular formula is C29H39N7O5. The minimum absolute atomic E-state index is 0.0170. The van der Waals surface area contributed by atoms with Crippen LogP contribution in [-0.4, -0.2) is 81.1 Å². The van der Waals surface area contributed by atoms with Gasteiger partial charge in [-0.15, -0.1) is 0 Å². The summed E-state index contributed by atoms with van der Waals surface area (Å²) in [4.78, 5) is 53.1. The lowest BCUT2D eigenvalue weighted by atomic mass is 10.1. The molecule has 2 aromatic heterocycles. The molecule has 0 aliphatic carbocycles. The second kappa shape index (κ2) is 14.4. The van der Waals surface area contributed by atoms with Gasteiger partial charge in [-0.05, 0) is 30.4 Å². The van der Waals surface area contributed by atoms with Gasteiger partial charge in [-0.3, -0.25) is 19.1 Å². The molecule has 0 spiro atoms. The Bertz CT molecular complexity index is 1410. The van der Waals surface area contributed by atoms with Crippen LogP contribution in [0.4, 0.5) is 5.82 Å². The molecule has 12 heteroatoms. The lowest BCUT2D eigenvalue weighted by molar-refractivity contribution is -0.139. The van der Waals surface area contributed by atoms with Crippen LogP contribution in [0.15, 0.2) is 41.2 Å². The van der Waals surface area contributed by atoms with Crippen LogP contribution in [0, 0.1) is 0 Å². The van der Waals surface area contributed by atoms with Gasteiger partial charge in [0, 0.05) is 32.7 Å². The van der Waals surface area contributed by atoms with Gasteiger partial charge in [0.05, 0.1) is 26.7 Å². The number of carbonyl (C=O) groups excluding carboxylic acids is 2. The number of hydrogen-bond acceptors (Lipinski definition) is 9. The van der Waals surface area contributed by atoms with E-state index in [0.717, 1.165) is 43.5 Å². The van der Waals surface area contributed by atoms with E-state index in [1.807, 2.05) is 29.2 Å². The molecule has 1 amide bonds. The van der Waals surface area contributed by atoms with Crippen LogP contribution in [0.1, 0.15) is 43.7 Å². The number of esters is 1. The van der Waals surface area contributed by atoms with Crippen LogP contribution >= 0.6 is 0 Å². The number of unbranched alkanes of at least 4 members (excludes halogenated alkanes) is 1. The van der Waals surface area contributed by atoms with Crippen molar-refractivity contribution in [3.05, 3.63) is 58.0 Å². The van der Waals surface area contributed by atoms with Gasteiger partial charge in [-0.2, -0.15) is 9.97 Å². The third-order valence-corrected chi connectivity index (χ3v) is 7.00. The standard InChI is InChI=1S/C29H39N7O5/c1-3-4-17-41-28-32-26(30)25-27(33-28)36(29(39)31-25)16-8-15-35(23(37)20-34-13-6-5-7-14-34)19-22-11-9-21(10-12-22)18-24(38)40-2/h5-6,9-12H,3-4,7-8,13-20H2,1-2H3,(H,31,39)(H2,30,32,33). The zero-order valence-corrected chi connectivity index (χ0v) is 23.8. The van der Waals surface area contributed by atoms with Crippen molar-refractivity contribution in [1.29, 1.82) is 0 Å². The first-order chi connectivity index (χ1) is 19.9. The molecule has 3 N–H and O–H groups in total. The molecule has 220 valence electrons. The van der Waals surface area contributed by atoms with Crippen LogP contribution < -0.4 is 16.2 Å². The number of rotatable bonds is 14. The summed E-state index contributed by atoms with van der Waals surface area (Å²) in [5.74, 6) is -0.131. The van der Waals surface area contributed by atoms with Gasteiger partial charge in [-0.1, -0.05) is 49.8 Å². The van der Waals surface area contributed by atoms with Crippen molar-refractivity contribution in [2.24, 2.45) is 0 Å². The molecule has 4 rings (SSSR count). The maximum atomic E-state index is 13.4. The van der Waals surface area contributed by atoms with E-state index in [1.54, 1.807) is 0 Å². The van der Waals surface area contributed by atoms with Crippen molar-refractivity contribution >= 4 is 28.9 Å². The van der Waals surface area contributed by atoms with E-state index in [9.17, 15) is 14.4 Å². The zero-order valence-electron chi connectivity index (χ0n) is 23.8. The summed E-state index contributed by atoms with van der Waals surface area (Å²) in [6.45, 7) is 5.61. The number of nitrogen functional groups attached to an aromatic ring is 1. The molecule has 0 unspecified atom stereocenters. The molecule has 3 heterocycles. The first-order valence-electron chi connectivity index (χ1n) is 14.1. The van der Waals surface area contributed by atoms with E-state index >= 15 is 0 Å². The van der Waals surface area contributed by atoms with E-state index < -0.39 is 0 Å². The molecule has 1 aliphatic rings. The highest BCUT2D eigenvalue weighted by molar-refractivity contribution is 5.82. The predicted octanol–water partition coefficient (Wildman–Crippen LogP) is 2.28. The Hall–Kier alpha value is -4.19. The molecule has 41 heavy (non-hydrogen) atoms. The molecule has 0 radical (unpaired) electrons. The van der Waals surface area contributed by atoms with E-state index in [2.05, 4.69) is 38.9 Å². The molecule has 1 aliphatic heterocycles. The van der Waals surface area contributed by atoms with Gasteiger partial charge in [0.15, 0.2) is 11.5 Å². The van der Waals surface area contributed by atoms with Gasteiger partial charge in [0.1, 0.15) is 5.52 Å². The molecule has 0 bridgehead atoms. The number of nitrogens with one attached hydrogen (secondary N) is 1. The number of carbonyl (C=O) groups is 2. The summed E-state index contributed by atoms with van der Waals surface area (Å²) in [7, 11) is 1.37. The first kappa shape index (κ1) is 29.8. The van der Waals surface area contributed by atoms with Crippen molar-refractivity contribution in [1.82, 2.24) is 29.3 Å². The number of aromatic amines is 1. The monoisotopic (exact) mass is 565 g/mol. The topological polar surface area (TPSA) is 149 Å². The van der Waals surface area contributed by atoms with Gasteiger partial charge in [-0.25, -0.2) is 4.79 Å². The molecule has 0 saturated carbocycles. The Labute approximate surface area is 239 Å². The summed E-state index contributed by atoms with van der Waals surface area (Å²) in [6, 6.07) is 7.73. The summed E-state index contributed by atoms with van der Waals surface area (Å²) in [5, 5.41) is 0. The predicted molar refractivity (Wildman–Crippen MR) is 155 cm³/mol. The van der Waals surface area contributed by atoms with Crippen molar-refractivity contribution in [2.45, 2.75) is 52.1 Å². The first-order valence-corrected chi connectivity index (χ1v) is 14.1. The van der Waals surface area contributed by atoms with E-state index in [0.29, 0.717) is 50.4 Å². The maximum Gasteiger partial charge on any atom is 0.327 e. The largest absolute Gasteiger partial charge is 0.469 e. The lowest BCUT2D eigenvalue weighted by Gasteiger charge is -2.28. The highest BCUT2D eigenvalue weighted by atomic mass is 16.5. The van der Waals surface area contributed by atoms with Gasteiger partial charge in [0.25, 0.3) is 0 Å². The second-order valence-electron chi connectivity index (χ2n) is 10.1. The third kappa shape index (κ3) is 8.16. The van der Waals surface area contributed by atoms with Crippen LogP contribution in [0.5, 0.6) is 6.01 Å². The fourth-order valence-corrected chi connectivity index (χ4v) is 4.67. The molecule has 12 nitrogen and oxygen atoms in total. The van der Waals surface area contributed by atoms with E-state index in [1.165, 1.54) is 11.7 Å². The van der Waals surface area contributed by atoms with Gasteiger partial charge < -0.3 is 25.1 Å². The average molecular weight is 566 g/mol. The van der Waals surface area contributed by atoms with Crippen molar-refractivity contribution in [3.8, 4) is 6.01 Å². The van der Waals surface area contributed by atoms with Crippen molar-refractivity contribution < 1.29 is 19.1 Å². The fourth-order valence-electron chi connectivity index (χ4n) is 4.67. The van der Waals surface area contributed by atoms with Crippen molar-refractivity contribution in [3.63, 3.8) is 0 Å². The lowest BCUT2D eigenvalue weighted by Crippen LogP contribution is -2.41. The Morgan fingerprint density at radius 2 is 1.90 bits per heavy atom. The summed E-state index contributed by atoms with van der Waals surface area (Å²) >= 11 is 0. The molecule has 0 atom stereocenters. The van der Waals surface area contributed by atoms with Crippen LogP contribution in [-0.2, 0) is 33.8 Å². The number of ether oxygens (including phenoxy) is 2. The van der Waals surface area contributed by atoms with Crippen LogP contribution in [0.25, 0.3) is 11.2 Å². The number of fused-ring (bicyclic) bond motifs is 1. The Kier molecular flexibility index (Phi) is 10.5. The van der Waals surface area contributed by atoms with Gasteiger partial charge >= 0.3 is 17.7 Å². The minimum Gasteiger partial charge on any atom is -0.469 e. The zero-order chi connectivity index (χ0) is 29.2. The normalized spacial score (nSPS) is 13.4. The quantitative estimate of drug-likeness (QED) is 0.171. The number of hydrogen-bond donors (Lipinski definition) is 2. The third-order valence-electron chi connectivity index (χ3n) is 7.00. The Balaban J connectivity index is 1.47. The van der Waals surface area contributed by atoms with Crippen molar-refractivity contribution in [2.75, 3.05) is 45.6 Å². The Morgan fingerprint density at radius 3 is 2.61 bits per heavy atom. The summed E-state index contributed by atoms with van der Waals surface area (Å²) in [6.07, 6.45) is 7.67. The summed E-state index contributed by atoms with van der Waals surface area (Å²) in [5.41, 5.74) is 8.28. The molecule has 0 fully saturated rings. The number of nitrogens with two attached hydrogens (primary N) is 1. The number of imidazole rings is 1. The molecule has 1 aromatic carbocycles. The van der Waals surface area contributed by atoms with E-state index in [-0.39, 0.29) is 35.8 Å². The SMILES string of the molecule is CCCCOc1nc(N)c2[nH]c(=O)n(CCCN(Cc3ccc(CC(=O)OC)cc3)C(=O)CN3CC=CCC3)c2n1. The number of H-pyrrole nitrogens is 1. The highest BCUT2D eigenvalue weighted by Crippen LogP contribution is 2.18. The van der Waals surface area contributed by atoms with Crippen LogP contribution in [0.2, 0.25) is 0 Å². The second-order valence-corrected chi connectivity index (χ2v) is 10.1. The number of aryl methyl sites for hydroxylation is 1. The number of methoxy groups -OCH3 is 1. The molecule has 3 aromatic rings. The summed E-state index contributed by atoms with van der Waals surface area (Å²) < 4.78 is 11.9. The molecular weight excluding hydrogens is 526 g/mol. The molecule has 0 saturated heterocycles. The maximum absolute atomic E-state index is 13.4. The van der Waals surface area contributed by atoms with Crippen LogP contribution in [0.3, 0.4) is 0 Å². The minimum atomic E-state index is -0.342.